The first kappa shape index (κ1) is 17.3. The molecule has 0 saturated heterocycles. The highest BCUT2D eigenvalue weighted by Crippen LogP contribution is 2.31. The lowest BCUT2D eigenvalue weighted by atomic mass is 10.2. The summed E-state index contributed by atoms with van der Waals surface area (Å²) in [5.74, 6) is -0.0931. The molecule has 0 aliphatic heterocycles. The fourth-order valence-electron chi connectivity index (χ4n) is 1.67. The Morgan fingerprint density at radius 2 is 1.91 bits per heavy atom. The zero-order chi connectivity index (χ0) is 17.5. The first-order valence-corrected chi connectivity index (χ1v) is 8.31. The van der Waals surface area contributed by atoms with Crippen LogP contribution in [0.5, 0.6) is 0 Å². The van der Waals surface area contributed by atoms with E-state index in [9.17, 15) is 21.6 Å². The standard InChI is InChI=1S/C12H14F3N5O2S/c1-11(2,23(3,21)22)10-17-19-20(18-10)7-9-8(12(13,14)15)5-4-6-16-9/h4-6H,7H2,1-3H3. The zero-order valence-electron chi connectivity index (χ0n) is 12.5. The van der Waals surface area contributed by atoms with Crippen LogP contribution in [0.15, 0.2) is 18.3 Å². The minimum absolute atomic E-state index is 0.0931. The van der Waals surface area contributed by atoms with Gasteiger partial charge in [-0.1, -0.05) is 0 Å². The maximum atomic E-state index is 12.9. The number of sulfone groups is 1. The third-order valence-corrected chi connectivity index (χ3v) is 5.44. The molecule has 0 bridgehead atoms. The fraction of sp³-hybridized carbons (Fsp3) is 0.500. The molecule has 7 nitrogen and oxygen atoms in total. The maximum Gasteiger partial charge on any atom is 0.418 e. The summed E-state index contributed by atoms with van der Waals surface area (Å²) in [5, 5.41) is 11.1. The largest absolute Gasteiger partial charge is 0.418 e. The van der Waals surface area contributed by atoms with Crippen molar-refractivity contribution in [2.24, 2.45) is 0 Å². The second-order valence-corrected chi connectivity index (χ2v) is 7.99. The van der Waals surface area contributed by atoms with E-state index in [-0.39, 0.29) is 18.1 Å². The lowest BCUT2D eigenvalue weighted by molar-refractivity contribution is -0.138. The first-order chi connectivity index (χ1) is 10.4. The van der Waals surface area contributed by atoms with E-state index in [0.717, 1.165) is 17.1 Å². The Morgan fingerprint density at radius 3 is 2.48 bits per heavy atom. The Bertz CT molecular complexity index is 814. The van der Waals surface area contributed by atoms with Gasteiger partial charge >= 0.3 is 6.18 Å². The molecule has 11 heteroatoms. The van der Waals surface area contributed by atoms with E-state index in [0.29, 0.717) is 0 Å². The fourth-order valence-corrected chi connectivity index (χ4v) is 2.09. The molecular formula is C12H14F3N5O2S. The van der Waals surface area contributed by atoms with Gasteiger partial charge in [-0.15, -0.1) is 10.2 Å². The number of aromatic nitrogens is 5. The zero-order valence-corrected chi connectivity index (χ0v) is 13.4. The summed E-state index contributed by atoms with van der Waals surface area (Å²) in [6.45, 7) is 2.42. The molecule has 0 saturated carbocycles. The molecule has 0 unspecified atom stereocenters. The second kappa shape index (κ2) is 5.55. The van der Waals surface area contributed by atoms with Crippen LogP contribution >= 0.6 is 0 Å². The van der Waals surface area contributed by atoms with E-state index in [1.54, 1.807) is 0 Å². The van der Waals surface area contributed by atoms with Gasteiger partial charge in [0.2, 0.25) is 0 Å². The Kier molecular flexibility index (Phi) is 4.18. The summed E-state index contributed by atoms with van der Waals surface area (Å²) >= 11 is 0. The van der Waals surface area contributed by atoms with E-state index in [1.807, 2.05) is 0 Å². The van der Waals surface area contributed by atoms with Gasteiger partial charge in [-0.3, -0.25) is 4.98 Å². The van der Waals surface area contributed by atoms with Gasteiger partial charge in [-0.25, -0.2) is 8.42 Å². The van der Waals surface area contributed by atoms with Gasteiger partial charge < -0.3 is 0 Å². The lowest BCUT2D eigenvalue weighted by Gasteiger charge is -2.17. The molecule has 0 N–H and O–H groups in total. The number of tetrazole rings is 1. The number of hydrogen-bond acceptors (Lipinski definition) is 6. The van der Waals surface area contributed by atoms with Crippen LogP contribution in [0, 0.1) is 0 Å². The summed E-state index contributed by atoms with van der Waals surface area (Å²) in [6, 6.07) is 2.08. The summed E-state index contributed by atoms with van der Waals surface area (Å²) < 4.78 is 60.8. The molecule has 0 spiro atoms. The normalized spacial score (nSPS) is 13.3. The molecule has 0 aromatic carbocycles. The molecule has 0 atom stereocenters. The summed E-state index contributed by atoms with van der Waals surface area (Å²) in [4.78, 5) is 4.58. The highest BCUT2D eigenvalue weighted by Gasteiger charge is 2.37. The molecule has 0 aliphatic carbocycles. The minimum Gasteiger partial charge on any atom is -0.259 e. The quantitative estimate of drug-likeness (QED) is 0.829. The Hall–Kier alpha value is -2.04. The molecule has 23 heavy (non-hydrogen) atoms. The molecule has 0 aliphatic rings. The molecule has 2 aromatic rings. The Labute approximate surface area is 130 Å². The van der Waals surface area contributed by atoms with Crippen LogP contribution in [0.25, 0.3) is 0 Å². The van der Waals surface area contributed by atoms with Crippen LogP contribution in [0.2, 0.25) is 0 Å². The average Bonchev–Trinajstić information content (AvgIpc) is 2.86. The van der Waals surface area contributed by atoms with Crippen molar-refractivity contribution in [3.63, 3.8) is 0 Å². The van der Waals surface area contributed by atoms with Crippen LogP contribution in [-0.2, 0) is 27.3 Å². The molecule has 2 aromatic heterocycles. The van der Waals surface area contributed by atoms with Gasteiger partial charge in [0, 0.05) is 12.5 Å². The predicted molar refractivity (Wildman–Crippen MR) is 74.0 cm³/mol. The number of hydrogen-bond donors (Lipinski definition) is 0. The van der Waals surface area contributed by atoms with Gasteiger partial charge in [-0.05, 0) is 31.2 Å². The van der Waals surface area contributed by atoms with Gasteiger partial charge in [0.15, 0.2) is 15.7 Å². The molecule has 0 radical (unpaired) electrons. The number of rotatable bonds is 4. The molecule has 126 valence electrons. The van der Waals surface area contributed by atoms with Crippen LogP contribution in [0.1, 0.15) is 30.9 Å². The monoisotopic (exact) mass is 349 g/mol. The van der Waals surface area contributed by atoms with Crippen molar-refractivity contribution < 1.29 is 21.6 Å². The van der Waals surface area contributed by atoms with Crippen molar-refractivity contribution in [1.82, 2.24) is 25.2 Å². The third kappa shape index (κ3) is 3.49. The van der Waals surface area contributed by atoms with Crippen LogP contribution in [-0.4, -0.2) is 39.9 Å². The third-order valence-electron chi connectivity index (χ3n) is 3.41. The lowest BCUT2D eigenvalue weighted by Crippen LogP contribution is -2.29. The van der Waals surface area contributed by atoms with E-state index >= 15 is 0 Å². The smallest absolute Gasteiger partial charge is 0.259 e. The van der Waals surface area contributed by atoms with E-state index in [2.05, 4.69) is 20.4 Å². The van der Waals surface area contributed by atoms with Gasteiger partial charge in [0.1, 0.15) is 11.3 Å². The summed E-state index contributed by atoms with van der Waals surface area (Å²) in [7, 11) is -3.52. The number of halogens is 3. The Balaban J connectivity index is 2.35. The van der Waals surface area contributed by atoms with Crippen molar-refractivity contribution in [3.05, 3.63) is 35.4 Å². The SMILES string of the molecule is CC(C)(c1nnn(Cc2ncccc2C(F)(F)F)n1)S(C)(=O)=O. The number of pyridine rings is 1. The minimum atomic E-state index is -4.56. The highest BCUT2D eigenvalue weighted by atomic mass is 32.2. The highest BCUT2D eigenvalue weighted by molar-refractivity contribution is 7.91. The van der Waals surface area contributed by atoms with E-state index < -0.39 is 26.3 Å². The first-order valence-electron chi connectivity index (χ1n) is 6.42. The van der Waals surface area contributed by atoms with Gasteiger partial charge in [0.05, 0.1) is 11.3 Å². The van der Waals surface area contributed by atoms with Crippen LogP contribution in [0.4, 0.5) is 13.2 Å². The Morgan fingerprint density at radius 1 is 1.26 bits per heavy atom. The van der Waals surface area contributed by atoms with Crippen LogP contribution in [0.3, 0.4) is 0 Å². The van der Waals surface area contributed by atoms with Crippen molar-refractivity contribution in [3.8, 4) is 0 Å². The van der Waals surface area contributed by atoms with Crippen molar-refractivity contribution in [2.75, 3.05) is 6.26 Å². The molecule has 2 rings (SSSR count). The van der Waals surface area contributed by atoms with E-state index in [1.165, 1.54) is 26.1 Å². The van der Waals surface area contributed by atoms with E-state index in [4.69, 9.17) is 0 Å². The summed E-state index contributed by atoms with van der Waals surface area (Å²) in [5.41, 5.74) is -1.18. The number of alkyl halides is 3. The van der Waals surface area contributed by atoms with Crippen molar-refractivity contribution >= 4 is 9.84 Å². The summed E-state index contributed by atoms with van der Waals surface area (Å²) in [6.07, 6.45) is -2.31. The maximum absolute atomic E-state index is 12.9. The van der Waals surface area contributed by atoms with Crippen molar-refractivity contribution in [2.45, 2.75) is 31.3 Å². The number of nitrogens with zero attached hydrogens (tertiary/aromatic N) is 5. The predicted octanol–water partition coefficient (Wildman–Crippen LogP) is 1.41. The van der Waals surface area contributed by atoms with Gasteiger partial charge in [-0.2, -0.15) is 18.0 Å². The molecular weight excluding hydrogens is 335 g/mol. The van der Waals surface area contributed by atoms with Crippen LogP contribution < -0.4 is 0 Å². The topological polar surface area (TPSA) is 90.6 Å². The van der Waals surface area contributed by atoms with Crippen molar-refractivity contribution in [1.29, 1.82) is 0 Å². The molecule has 0 amide bonds. The average molecular weight is 349 g/mol. The second-order valence-electron chi connectivity index (χ2n) is 5.42. The molecule has 0 fully saturated rings. The molecule has 2 heterocycles. The van der Waals surface area contributed by atoms with Gasteiger partial charge in [0.25, 0.3) is 0 Å².